The lowest BCUT2D eigenvalue weighted by molar-refractivity contribution is -0.107. The van der Waals surface area contributed by atoms with E-state index in [2.05, 4.69) is 26.3 Å². The average Bonchev–Trinajstić information content (AvgIpc) is 2.68. The third-order valence-electron chi connectivity index (χ3n) is 2.66. The summed E-state index contributed by atoms with van der Waals surface area (Å²) in [6, 6.07) is 0. The minimum atomic E-state index is -0.146. The Balaban J connectivity index is 4.69. The van der Waals surface area contributed by atoms with Gasteiger partial charge in [-0.2, -0.15) is 11.8 Å². The number of hydrogen-bond acceptors (Lipinski definition) is 9. The molecule has 0 N–H and O–H groups in total. The summed E-state index contributed by atoms with van der Waals surface area (Å²) < 4.78 is 0. The van der Waals surface area contributed by atoms with Crippen molar-refractivity contribution in [3.63, 3.8) is 0 Å². The van der Waals surface area contributed by atoms with Gasteiger partial charge in [0.15, 0.2) is 0 Å². The molecule has 0 aliphatic heterocycles. The Hall–Kier alpha value is -0.610. The van der Waals surface area contributed by atoms with Crippen LogP contribution in [0, 0.1) is 0 Å². The monoisotopic (exact) mass is 462 g/mol. The molecule has 0 amide bonds. The van der Waals surface area contributed by atoms with Crippen LogP contribution in [-0.4, -0.2) is 54.0 Å². The van der Waals surface area contributed by atoms with Crippen LogP contribution in [-0.2, 0) is 19.2 Å². The van der Waals surface area contributed by atoms with Gasteiger partial charge in [-0.05, 0) is 24.3 Å². The molecule has 4 nitrogen and oxygen atoms in total. The fraction of sp³-hybridized carbons (Fsp3) is 0.333. The van der Waals surface area contributed by atoms with E-state index in [4.69, 9.17) is 0 Å². The summed E-state index contributed by atoms with van der Waals surface area (Å²) in [5.74, 6) is 2.21. The molecule has 0 aromatic heterocycles. The molecule has 2 atom stereocenters. The Kier molecular flexibility index (Phi) is 16.0. The summed E-state index contributed by atoms with van der Waals surface area (Å²) in [6.07, 6.45) is 5.00. The molecule has 0 aromatic carbocycles. The molecule has 0 rings (SSSR count). The minimum absolute atomic E-state index is 0.0717. The third-order valence-corrected chi connectivity index (χ3v) is 8.95. The van der Waals surface area contributed by atoms with Gasteiger partial charge in [-0.1, -0.05) is 73.4 Å². The van der Waals surface area contributed by atoms with Crippen molar-refractivity contribution in [1.29, 1.82) is 0 Å². The Morgan fingerprint density at radius 1 is 0.593 bits per heavy atom. The Labute approximate surface area is 181 Å². The summed E-state index contributed by atoms with van der Waals surface area (Å²) in [5, 5.41) is -0.712. The van der Waals surface area contributed by atoms with Crippen molar-refractivity contribution in [3.05, 3.63) is 50.6 Å². The van der Waals surface area contributed by atoms with Crippen molar-refractivity contribution in [2.45, 2.75) is 10.5 Å². The summed E-state index contributed by atoms with van der Waals surface area (Å²) in [6.45, 7) is 13.8. The van der Waals surface area contributed by atoms with E-state index < -0.39 is 0 Å². The van der Waals surface area contributed by atoms with E-state index >= 15 is 0 Å². The van der Waals surface area contributed by atoms with Crippen molar-refractivity contribution >= 4 is 79.3 Å². The molecule has 148 valence electrons. The summed E-state index contributed by atoms with van der Waals surface area (Å²) in [5.41, 5.74) is 0. The lowest BCUT2D eigenvalue weighted by Gasteiger charge is -2.17. The molecular weight excluding hydrogens is 441 g/mol. The summed E-state index contributed by atoms with van der Waals surface area (Å²) in [7, 11) is 0. The summed E-state index contributed by atoms with van der Waals surface area (Å²) >= 11 is 6.09. The number of thioether (sulfide) groups is 5. The van der Waals surface area contributed by atoms with Gasteiger partial charge >= 0.3 is 0 Å². The molecule has 0 saturated carbocycles. The third kappa shape index (κ3) is 14.1. The van der Waals surface area contributed by atoms with E-state index in [0.29, 0.717) is 23.0 Å². The standard InChI is InChI=1S/C18H22O4S5/c1-5-15(19)24-11-13(26-17(21)7-3)9-23-10-14(27-18(22)8-4)12-25-16(20)6-2/h5-8,13-14H,1-4,9-12H2. The SMILES string of the molecule is C=CC(=O)SCC(CSCC(CSC(=O)C=C)SC(=O)C=C)SC(=O)C=C. The fourth-order valence-corrected chi connectivity index (χ4v) is 6.75. The van der Waals surface area contributed by atoms with Gasteiger partial charge < -0.3 is 0 Å². The van der Waals surface area contributed by atoms with Crippen LogP contribution >= 0.6 is 58.8 Å². The van der Waals surface area contributed by atoms with Gasteiger partial charge in [-0.3, -0.25) is 19.2 Å². The molecule has 0 fully saturated rings. The Morgan fingerprint density at radius 3 is 1.22 bits per heavy atom. The van der Waals surface area contributed by atoms with Gasteiger partial charge in [-0.25, -0.2) is 0 Å². The molecule has 0 radical (unpaired) electrons. The molecule has 0 aromatic rings. The predicted molar refractivity (Wildman–Crippen MR) is 126 cm³/mol. The van der Waals surface area contributed by atoms with Crippen LogP contribution < -0.4 is 0 Å². The van der Waals surface area contributed by atoms with Crippen LogP contribution in [0.15, 0.2) is 50.6 Å². The molecular formula is C18H22O4S5. The molecule has 27 heavy (non-hydrogen) atoms. The van der Waals surface area contributed by atoms with Gasteiger partial charge in [-0.15, -0.1) is 0 Å². The Bertz CT molecular complexity index is 538. The second-order valence-corrected chi connectivity index (χ2v) is 10.5. The zero-order valence-corrected chi connectivity index (χ0v) is 18.9. The van der Waals surface area contributed by atoms with E-state index in [1.165, 1.54) is 24.3 Å². The highest BCUT2D eigenvalue weighted by Gasteiger charge is 2.19. The van der Waals surface area contributed by atoms with Crippen molar-refractivity contribution in [2.24, 2.45) is 0 Å². The van der Waals surface area contributed by atoms with E-state index in [9.17, 15) is 19.2 Å². The van der Waals surface area contributed by atoms with E-state index in [1.807, 2.05) is 0 Å². The number of carbonyl (C=O) groups is 4. The van der Waals surface area contributed by atoms with Crippen LogP contribution in [0.1, 0.15) is 0 Å². The quantitative estimate of drug-likeness (QED) is 0.353. The van der Waals surface area contributed by atoms with E-state index in [1.54, 1.807) is 11.8 Å². The lowest BCUT2D eigenvalue weighted by atomic mass is 10.5. The normalized spacial score (nSPS) is 12.4. The first-order chi connectivity index (χ1) is 12.9. The highest BCUT2D eigenvalue weighted by atomic mass is 32.2. The maximum atomic E-state index is 11.6. The maximum absolute atomic E-state index is 11.6. The molecule has 0 aliphatic rings. The fourth-order valence-electron chi connectivity index (χ4n) is 1.46. The second kappa shape index (κ2) is 16.4. The highest BCUT2D eigenvalue weighted by molar-refractivity contribution is 8.19. The van der Waals surface area contributed by atoms with Crippen LogP contribution in [0.3, 0.4) is 0 Å². The molecule has 0 aliphatic carbocycles. The van der Waals surface area contributed by atoms with Crippen LogP contribution in [0.2, 0.25) is 0 Å². The molecule has 0 heterocycles. The lowest BCUT2D eigenvalue weighted by Crippen LogP contribution is -2.18. The number of rotatable bonds is 14. The van der Waals surface area contributed by atoms with Gasteiger partial charge in [0, 0.05) is 33.5 Å². The zero-order chi connectivity index (χ0) is 20.7. The van der Waals surface area contributed by atoms with E-state index in [-0.39, 0.29) is 31.0 Å². The average molecular weight is 463 g/mol. The first-order valence-corrected chi connectivity index (χ1v) is 12.6. The van der Waals surface area contributed by atoms with Crippen LogP contribution in [0.25, 0.3) is 0 Å². The minimum Gasteiger partial charge on any atom is -0.282 e. The van der Waals surface area contributed by atoms with Gasteiger partial charge in [0.2, 0.25) is 20.5 Å². The summed E-state index contributed by atoms with van der Waals surface area (Å²) in [4.78, 5) is 46.1. The second-order valence-electron chi connectivity index (χ2n) is 4.73. The first-order valence-electron chi connectivity index (χ1n) is 7.68. The smallest absolute Gasteiger partial charge is 0.211 e. The largest absolute Gasteiger partial charge is 0.282 e. The van der Waals surface area contributed by atoms with Gasteiger partial charge in [0.1, 0.15) is 0 Å². The highest BCUT2D eigenvalue weighted by Crippen LogP contribution is 2.27. The topological polar surface area (TPSA) is 68.3 Å². The maximum Gasteiger partial charge on any atom is 0.211 e. The molecule has 0 bridgehead atoms. The van der Waals surface area contributed by atoms with E-state index in [0.717, 1.165) is 47.0 Å². The zero-order valence-electron chi connectivity index (χ0n) is 14.8. The first kappa shape index (κ1) is 26.4. The van der Waals surface area contributed by atoms with Gasteiger partial charge in [0.25, 0.3) is 0 Å². The van der Waals surface area contributed by atoms with Gasteiger partial charge in [0.05, 0.1) is 0 Å². The number of carbonyl (C=O) groups excluding carboxylic acids is 4. The molecule has 0 saturated heterocycles. The Morgan fingerprint density at radius 2 is 0.926 bits per heavy atom. The van der Waals surface area contributed by atoms with Crippen molar-refractivity contribution in [1.82, 2.24) is 0 Å². The molecule has 2 unspecified atom stereocenters. The molecule has 0 spiro atoms. The van der Waals surface area contributed by atoms with Crippen LogP contribution in [0.4, 0.5) is 0 Å². The van der Waals surface area contributed by atoms with Crippen LogP contribution in [0.5, 0.6) is 0 Å². The van der Waals surface area contributed by atoms with Crippen molar-refractivity contribution < 1.29 is 19.2 Å². The van der Waals surface area contributed by atoms with Crippen molar-refractivity contribution in [3.8, 4) is 0 Å². The number of hydrogen-bond donors (Lipinski definition) is 0. The van der Waals surface area contributed by atoms with Crippen molar-refractivity contribution in [2.75, 3.05) is 23.0 Å². The molecule has 9 heteroatoms. The predicted octanol–water partition coefficient (Wildman–Crippen LogP) is 4.24.